The van der Waals surface area contributed by atoms with E-state index in [9.17, 15) is 4.39 Å². The van der Waals surface area contributed by atoms with Gasteiger partial charge in [0.1, 0.15) is 5.82 Å². The highest BCUT2D eigenvalue weighted by Crippen LogP contribution is 2.25. The standard InChI is InChI=1S/C13H12ClFN2/c1-8-7-17-5-4-10(8)13(16)11-3-2-9(14)6-12(11)15/h2-7,13H,16H2,1H3. The topological polar surface area (TPSA) is 38.9 Å². The normalized spacial score (nSPS) is 12.5. The first-order valence-corrected chi connectivity index (χ1v) is 5.58. The first-order valence-electron chi connectivity index (χ1n) is 5.20. The van der Waals surface area contributed by atoms with E-state index in [0.717, 1.165) is 11.1 Å². The van der Waals surface area contributed by atoms with Crippen molar-refractivity contribution in [3.63, 3.8) is 0 Å². The predicted molar refractivity (Wildman–Crippen MR) is 66.4 cm³/mol. The zero-order valence-electron chi connectivity index (χ0n) is 9.32. The first-order chi connectivity index (χ1) is 8.09. The number of halogens is 2. The van der Waals surface area contributed by atoms with Crippen molar-refractivity contribution in [2.45, 2.75) is 13.0 Å². The van der Waals surface area contributed by atoms with E-state index < -0.39 is 6.04 Å². The van der Waals surface area contributed by atoms with Gasteiger partial charge >= 0.3 is 0 Å². The van der Waals surface area contributed by atoms with Gasteiger partial charge in [0.2, 0.25) is 0 Å². The third-order valence-corrected chi connectivity index (χ3v) is 2.93. The van der Waals surface area contributed by atoms with Crippen LogP contribution in [0.1, 0.15) is 22.7 Å². The Morgan fingerprint density at radius 2 is 2.06 bits per heavy atom. The van der Waals surface area contributed by atoms with Crippen LogP contribution in [0, 0.1) is 12.7 Å². The van der Waals surface area contributed by atoms with Gasteiger partial charge in [0.15, 0.2) is 0 Å². The Hall–Kier alpha value is -1.45. The Morgan fingerprint density at radius 1 is 1.29 bits per heavy atom. The number of aromatic nitrogens is 1. The molecule has 0 spiro atoms. The van der Waals surface area contributed by atoms with Crippen molar-refractivity contribution in [1.82, 2.24) is 4.98 Å². The van der Waals surface area contributed by atoms with Gasteiger partial charge in [-0.25, -0.2) is 4.39 Å². The third-order valence-electron chi connectivity index (χ3n) is 2.70. The Morgan fingerprint density at radius 3 is 2.71 bits per heavy atom. The first kappa shape index (κ1) is 12.0. The Kier molecular flexibility index (Phi) is 3.41. The molecule has 0 radical (unpaired) electrons. The number of nitrogens with two attached hydrogens (primary N) is 1. The highest BCUT2D eigenvalue weighted by Gasteiger charge is 2.15. The van der Waals surface area contributed by atoms with Crippen LogP contribution in [0.4, 0.5) is 4.39 Å². The molecule has 0 aliphatic carbocycles. The second-order valence-corrected chi connectivity index (χ2v) is 4.31. The molecule has 1 unspecified atom stereocenters. The molecule has 4 heteroatoms. The molecule has 0 aliphatic heterocycles. The fourth-order valence-electron chi connectivity index (χ4n) is 1.75. The molecular weight excluding hydrogens is 239 g/mol. The molecule has 0 aliphatic rings. The molecule has 2 aromatic rings. The summed E-state index contributed by atoms with van der Waals surface area (Å²) in [7, 11) is 0. The minimum Gasteiger partial charge on any atom is -0.320 e. The number of benzene rings is 1. The van der Waals surface area contributed by atoms with Crippen molar-refractivity contribution in [1.29, 1.82) is 0 Å². The summed E-state index contributed by atoms with van der Waals surface area (Å²) in [5.74, 6) is -0.388. The van der Waals surface area contributed by atoms with Crippen LogP contribution in [0.2, 0.25) is 5.02 Å². The van der Waals surface area contributed by atoms with Crippen LogP contribution in [0.25, 0.3) is 0 Å². The lowest BCUT2D eigenvalue weighted by Gasteiger charge is -2.15. The van der Waals surface area contributed by atoms with Crippen LogP contribution >= 0.6 is 11.6 Å². The fourth-order valence-corrected chi connectivity index (χ4v) is 1.91. The Labute approximate surface area is 104 Å². The van der Waals surface area contributed by atoms with Gasteiger partial charge in [0.05, 0.1) is 6.04 Å². The molecule has 0 saturated heterocycles. The number of hydrogen-bond acceptors (Lipinski definition) is 2. The van der Waals surface area contributed by atoms with Crippen LogP contribution in [0.5, 0.6) is 0 Å². The molecule has 0 amide bonds. The molecule has 2 rings (SSSR count). The maximum absolute atomic E-state index is 13.7. The van der Waals surface area contributed by atoms with Crippen molar-refractivity contribution < 1.29 is 4.39 Å². The molecule has 17 heavy (non-hydrogen) atoms. The zero-order chi connectivity index (χ0) is 12.4. The largest absolute Gasteiger partial charge is 0.320 e. The summed E-state index contributed by atoms with van der Waals surface area (Å²) >= 11 is 5.71. The lowest BCUT2D eigenvalue weighted by atomic mass is 9.97. The molecule has 2 N–H and O–H groups in total. The molecule has 0 fully saturated rings. The average Bonchev–Trinajstić information content (AvgIpc) is 2.29. The molecular formula is C13H12ClFN2. The van der Waals surface area contributed by atoms with Gasteiger partial charge in [0, 0.05) is 23.0 Å². The summed E-state index contributed by atoms with van der Waals surface area (Å²) in [5.41, 5.74) is 8.29. The number of aryl methyl sites for hydroxylation is 1. The van der Waals surface area contributed by atoms with Crippen molar-refractivity contribution in [3.8, 4) is 0 Å². The van der Waals surface area contributed by atoms with Crippen LogP contribution in [-0.4, -0.2) is 4.98 Å². The van der Waals surface area contributed by atoms with Crippen LogP contribution in [-0.2, 0) is 0 Å². The van der Waals surface area contributed by atoms with Crippen LogP contribution in [0.15, 0.2) is 36.7 Å². The molecule has 0 saturated carbocycles. The number of nitrogens with zero attached hydrogens (tertiary/aromatic N) is 1. The van der Waals surface area contributed by atoms with Gasteiger partial charge in [-0.1, -0.05) is 17.7 Å². The second-order valence-electron chi connectivity index (χ2n) is 3.88. The summed E-state index contributed by atoms with van der Waals surface area (Å²) in [6, 6.07) is 5.81. The Bertz CT molecular complexity index is 543. The summed E-state index contributed by atoms with van der Waals surface area (Å²) in [6.07, 6.45) is 3.36. The zero-order valence-corrected chi connectivity index (χ0v) is 10.1. The van der Waals surface area contributed by atoms with Gasteiger partial charge in [-0.3, -0.25) is 4.98 Å². The van der Waals surface area contributed by atoms with Gasteiger partial charge in [-0.2, -0.15) is 0 Å². The monoisotopic (exact) mass is 250 g/mol. The second kappa shape index (κ2) is 4.82. The van der Waals surface area contributed by atoms with E-state index in [2.05, 4.69) is 4.98 Å². The van der Waals surface area contributed by atoms with Crippen molar-refractivity contribution in [2.75, 3.05) is 0 Å². The minimum absolute atomic E-state index is 0.366. The fraction of sp³-hybridized carbons (Fsp3) is 0.154. The quantitative estimate of drug-likeness (QED) is 0.889. The van der Waals surface area contributed by atoms with Gasteiger partial charge in [-0.15, -0.1) is 0 Å². The predicted octanol–water partition coefficient (Wildman–Crippen LogP) is 3.23. The minimum atomic E-state index is -0.504. The van der Waals surface area contributed by atoms with Crippen molar-refractivity contribution in [2.24, 2.45) is 5.73 Å². The van der Waals surface area contributed by atoms with Crippen LogP contribution < -0.4 is 5.73 Å². The summed E-state index contributed by atoms with van der Waals surface area (Å²) < 4.78 is 13.7. The number of hydrogen-bond donors (Lipinski definition) is 1. The summed E-state index contributed by atoms with van der Waals surface area (Å²) in [5, 5.41) is 0.366. The third kappa shape index (κ3) is 2.46. The maximum Gasteiger partial charge on any atom is 0.129 e. The van der Waals surface area contributed by atoms with Gasteiger partial charge in [0.25, 0.3) is 0 Å². The van der Waals surface area contributed by atoms with Crippen molar-refractivity contribution in [3.05, 3.63) is 64.2 Å². The highest BCUT2D eigenvalue weighted by molar-refractivity contribution is 6.30. The summed E-state index contributed by atoms with van der Waals surface area (Å²) in [6.45, 7) is 1.90. The van der Waals surface area contributed by atoms with E-state index in [1.165, 1.54) is 6.07 Å². The molecule has 88 valence electrons. The van der Waals surface area contributed by atoms with E-state index in [1.807, 2.05) is 6.92 Å². The number of pyridine rings is 1. The molecule has 1 atom stereocenters. The van der Waals surface area contributed by atoms with E-state index in [4.69, 9.17) is 17.3 Å². The maximum atomic E-state index is 13.7. The van der Waals surface area contributed by atoms with E-state index in [1.54, 1.807) is 30.6 Å². The van der Waals surface area contributed by atoms with E-state index in [-0.39, 0.29) is 5.82 Å². The van der Waals surface area contributed by atoms with E-state index in [0.29, 0.717) is 10.6 Å². The molecule has 0 bridgehead atoms. The molecule has 1 aromatic heterocycles. The highest BCUT2D eigenvalue weighted by atomic mass is 35.5. The molecule has 1 heterocycles. The van der Waals surface area contributed by atoms with Crippen LogP contribution in [0.3, 0.4) is 0 Å². The van der Waals surface area contributed by atoms with Gasteiger partial charge < -0.3 is 5.73 Å². The lowest BCUT2D eigenvalue weighted by Crippen LogP contribution is -2.15. The average molecular weight is 251 g/mol. The van der Waals surface area contributed by atoms with E-state index >= 15 is 0 Å². The Balaban J connectivity index is 2.44. The smallest absolute Gasteiger partial charge is 0.129 e. The van der Waals surface area contributed by atoms with Gasteiger partial charge in [-0.05, 0) is 36.2 Å². The SMILES string of the molecule is Cc1cnccc1C(N)c1ccc(Cl)cc1F. The van der Waals surface area contributed by atoms with Crippen molar-refractivity contribution >= 4 is 11.6 Å². The molecule has 1 aromatic carbocycles. The lowest BCUT2D eigenvalue weighted by molar-refractivity contribution is 0.599. The molecule has 2 nitrogen and oxygen atoms in total. The summed E-state index contributed by atoms with van der Waals surface area (Å²) in [4.78, 5) is 3.99. The number of rotatable bonds is 2.